The molecule has 0 bridgehead atoms. The molecular weight excluding hydrogens is 188 g/mol. The van der Waals surface area contributed by atoms with Crippen molar-refractivity contribution >= 4 is 0 Å². The van der Waals surface area contributed by atoms with E-state index >= 15 is 0 Å². The van der Waals surface area contributed by atoms with Crippen molar-refractivity contribution in [1.29, 1.82) is 0 Å². The Bertz CT molecular complexity index is 291. The highest BCUT2D eigenvalue weighted by Gasteiger charge is 2.07. The van der Waals surface area contributed by atoms with E-state index in [1.807, 2.05) is 11.7 Å². The summed E-state index contributed by atoms with van der Waals surface area (Å²) < 4.78 is 1.88. The molecule has 0 radical (unpaired) electrons. The van der Waals surface area contributed by atoms with Crippen LogP contribution in [0.4, 0.5) is 0 Å². The minimum Gasteiger partial charge on any atom is -0.310 e. The third-order valence-corrected chi connectivity index (χ3v) is 2.20. The van der Waals surface area contributed by atoms with Crippen molar-refractivity contribution in [3.05, 3.63) is 11.6 Å². The van der Waals surface area contributed by atoms with E-state index in [0.29, 0.717) is 5.92 Å². The first-order valence-corrected chi connectivity index (χ1v) is 5.73. The molecule has 86 valence electrons. The zero-order valence-corrected chi connectivity index (χ0v) is 10.2. The van der Waals surface area contributed by atoms with Crippen molar-refractivity contribution in [2.45, 2.75) is 40.2 Å². The average molecular weight is 210 g/mol. The van der Waals surface area contributed by atoms with E-state index in [2.05, 4.69) is 36.2 Å². The van der Waals surface area contributed by atoms with E-state index in [-0.39, 0.29) is 0 Å². The first-order valence-electron chi connectivity index (χ1n) is 5.73. The molecule has 0 aliphatic carbocycles. The van der Waals surface area contributed by atoms with E-state index in [1.54, 1.807) is 0 Å². The molecule has 0 spiro atoms. The first-order chi connectivity index (χ1) is 7.13. The predicted molar refractivity (Wildman–Crippen MR) is 61.5 cm³/mol. The van der Waals surface area contributed by atoms with Gasteiger partial charge < -0.3 is 5.32 Å². The van der Waals surface area contributed by atoms with Crippen LogP contribution < -0.4 is 5.32 Å². The number of nitrogens with one attached hydrogen (secondary N) is 1. The Morgan fingerprint density at radius 1 is 1.40 bits per heavy atom. The number of hydrogen-bond acceptors (Lipinski definition) is 3. The topological polar surface area (TPSA) is 42.7 Å². The summed E-state index contributed by atoms with van der Waals surface area (Å²) in [6.07, 6.45) is 2.11. The number of nitrogens with zero attached hydrogens (tertiary/aromatic N) is 3. The van der Waals surface area contributed by atoms with Crippen molar-refractivity contribution in [3.63, 3.8) is 0 Å². The van der Waals surface area contributed by atoms with Crippen LogP contribution >= 0.6 is 0 Å². The Morgan fingerprint density at radius 3 is 2.73 bits per heavy atom. The van der Waals surface area contributed by atoms with Crippen molar-refractivity contribution in [2.24, 2.45) is 13.0 Å². The van der Waals surface area contributed by atoms with Gasteiger partial charge in [0.15, 0.2) is 5.82 Å². The highest BCUT2D eigenvalue weighted by Crippen LogP contribution is 2.04. The third kappa shape index (κ3) is 4.00. The SMILES string of the molecule is CCCNCc1nc(CC(C)C)nn1C. The van der Waals surface area contributed by atoms with Crippen LogP contribution in [0.5, 0.6) is 0 Å². The van der Waals surface area contributed by atoms with Gasteiger partial charge in [-0.1, -0.05) is 20.8 Å². The summed E-state index contributed by atoms with van der Waals surface area (Å²) in [5, 5.41) is 7.73. The van der Waals surface area contributed by atoms with E-state index in [4.69, 9.17) is 0 Å². The van der Waals surface area contributed by atoms with Gasteiger partial charge >= 0.3 is 0 Å². The number of aryl methyl sites for hydroxylation is 1. The molecule has 4 heteroatoms. The van der Waals surface area contributed by atoms with E-state index in [9.17, 15) is 0 Å². The normalized spacial score (nSPS) is 11.3. The van der Waals surface area contributed by atoms with Crippen LogP contribution in [-0.2, 0) is 20.0 Å². The number of aromatic nitrogens is 3. The van der Waals surface area contributed by atoms with Crippen LogP contribution in [-0.4, -0.2) is 21.3 Å². The van der Waals surface area contributed by atoms with Gasteiger partial charge in [-0.2, -0.15) is 5.10 Å². The summed E-state index contributed by atoms with van der Waals surface area (Å²) in [6.45, 7) is 8.38. The molecule has 0 aromatic carbocycles. The largest absolute Gasteiger partial charge is 0.310 e. The lowest BCUT2D eigenvalue weighted by Crippen LogP contribution is -2.17. The Kier molecular flexibility index (Phi) is 4.75. The zero-order chi connectivity index (χ0) is 11.3. The molecule has 0 unspecified atom stereocenters. The minimum atomic E-state index is 0.615. The van der Waals surface area contributed by atoms with E-state index < -0.39 is 0 Å². The Morgan fingerprint density at radius 2 is 2.13 bits per heavy atom. The summed E-state index contributed by atoms with van der Waals surface area (Å²) in [6, 6.07) is 0. The Labute approximate surface area is 92.1 Å². The van der Waals surface area contributed by atoms with Crippen molar-refractivity contribution in [2.75, 3.05) is 6.54 Å². The second-order valence-corrected chi connectivity index (χ2v) is 4.34. The quantitative estimate of drug-likeness (QED) is 0.724. The van der Waals surface area contributed by atoms with Gasteiger partial charge in [0.1, 0.15) is 5.82 Å². The molecule has 0 saturated heterocycles. The second-order valence-electron chi connectivity index (χ2n) is 4.34. The molecule has 1 aromatic heterocycles. The van der Waals surface area contributed by atoms with Gasteiger partial charge in [-0.25, -0.2) is 4.98 Å². The fourth-order valence-electron chi connectivity index (χ4n) is 1.46. The number of rotatable bonds is 6. The number of hydrogen-bond donors (Lipinski definition) is 1. The summed E-state index contributed by atoms with van der Waals surface area (Å²) in [7, 11) is 1.96. The molecule has 0 saturated carbocycles. The molecule has 0 fully saturated rings. The van der Waals surface area contributed by atoms with Gasteiger partial charge in [0.25, 0.3) is 0 Å². The van der Waals surface area contributed by atoms with Gasteiger partial charge in [-0.05, 0) is 18.9 Å². The zero-order valence-electron chi connectivity index (χ0n) is 10.2. The summed E-state index contributed by atoms with van der Waals surface area (Å²) in [5.41, 5.74) is 0. The molecule has 1 rings (SSSR count). The third-order valence-electron chi connectivity index (χ3n) is 2.20. The van der Waals surface area contributed by atoms with Crippen molar-refractivity contribution in [1.82, 2.24) is 20.1 Å². The maximum Gasteiger partial charge on any atom is 0.151 e. The van der Waals surface area contributed by atoms with Gasteiger partial charge in [0.2, 0.25) is 0 Å². The van der Waals surface area contributed by atoms with Crippen LogP contribution in [0.1, 0.15) is 38.8 Å². The van der Waals surface area contributed by atoms with Gasteiger partial charge in [-0.15, -0.1) is 0 Å². The standard InChI is InChI=1S/C11H22N4/c1-5-6-12-8-11-13-10(7-9(2)3)14-15(11)4/h9,12H,5-8H2,1-4H3. The smallest absolute Gasteiger partial charge is 0.151 e. The molecular formula is C11H22N4. The molecule has 15 heavy (non-hydrogen) atoms. The molecule has 1 heterocycles. The van der Waals surface area contributed by atoms with E-state index in [0.717, 1.165) is 37.6 Å². The monoisotopic (exact) mass is 210 g/mol. The van der Waals surface area contributed by atoms with Crippen LogP contribution in [0.3, 0.4) is 0 Å². The Balaban J connectivity index is 2.53. The molecule has 1 N–H and O–H groups in total. The van der Waals surface area contributed by atoms with Gasteiger partial charge in [0, 0.05) is 13.5 Å². The maximum absolute atomic E-state index is 4.51. The van der Waals surface area contributed by atoms with Crippen LogP contribution in [0.25, 0.3) is 0 Å². The Hall–Kier alpha value is -0.900. The fourth-order valence-corrected chi connectivity index (χ4v) is 1.46. The fraction of sp³-hybridized carbons (Fsp3) is 0.818. The highest BCUT2D eigenvalue weighted by molar-refractivity contribution is 4.93. The van der Waals surface area contributed by atoms with Gasteiger partial charge in [0.05, 0.1) is 6.54 Å². The summed E-state index contributed by atoms with van der Waals surface area (Å²) >= 11 is 0. The molecule has 4 nitrogen and oxygen atoms in total. The summed E-state index contributed by atoms with van der Waals surface area (Å²) in [5.74, 6) is 2.60. The first kappa shape index (κ1) is 12.2. The lowest BCUT2D eigenvalue weighted by atomic mass is 10.1. The average Bonchev–Trinajstić information content (AvgIpc) is 2.46. The maximum atomic E-state index is 4.51. The minimum absolute atomic E-state index is 0.615. The predicted octanol–water partition coefficient (Wildman–Crippen LogP) is 1.51. The molecule has 0 aliphatic rings. The second kappa shape index (κ2) is 5.85. The van der Waals surface area contributed by atoms with E-state index in [1.165, 1.54) is 0 Å². The van der Waals surface area contributed by atoms with Crippen LogP contribution in [0.2, 0.25) is 0 Å². The lowest BCUT2D eigenvalue weighted by molar-refractivity contribution is 0.601. The van der Waals surface area contributed by atoms with Crippen LogP contribution in [0, 0.1) is 5.92 Å². The summed E-state index contributed by atoms with van der Waals surface area (Å²) in [4.78, 5) is 4.51. The van der Waals surface area contributed by atoms with Gasteiger partial charge in [-0.3, -0.25) is 4.68 Å². The van der Waals surface area contributed by atoms with Crippen molar-refractivity contribution in [3.8, 4) is 0 Å². The highest BCUT2D eigenvalue weighted by atomic mass is 15.3. The molecule has 0 aliphatic heterocycles. The molecule has 0 amide bonds. The van der Waals surface area contributed by atoms with Crippen LogP contribution in [0.15, 0.2) is 0 Å². The molecule has 0 atom stereocenters. The lowest BCUT2D eigenvalue weighted by Gasteiger charge is -2.00. The molecule has 1 aromatic rings. The van der Waals surface area contributed by atoms with Crippen molar-refractivity contribution < 1.29 is 0 Å².